The molecule has 2 N–H and O–H groups in total. The van der Waals surface area contributed by atoms with Gasteiger partial charge in [0.1, 0.15) is 0 Å². The highest BCUT2D eigenvalue weighted by Gasteiger charge is 2.33. The molecule has 0 bridgehead atoms. The van der Waals surface area contributed by atoms with E-state index in [0.29, 0.717) is 5.25 Å². The highest BCUT2D eigenvalue weighted by atomic mass is 32.2. The highest BCUT2D eigenvalue weighted by molar-refractivity contribution is 8.07. The molecule has 0 aliphatic heterocycles. The number of anilines is 1. The van der Waals surface area contributed by atoms with Gasteiger partial charge in [0.15, 0.2) is 0 Å². The van der Waals surface area contributed by atoms with Gasteiger partial charge in [-0.25, -0.2) is 14.3 Å². The van der Waals surface area contributed by atoms with Crippen LogP contribution in [0.5, 0.6) is 0 Å². The van der Waals surface area contributed by atoms with Gasteiger partial charge in [-0.2, -0.15) is 0 Å². The molecule has 0 amide bonds. The monoisotopic (exact) mass is 397 g/mol. The van der Waals surface area contributed by atoms with Crippen molar-refractivity contribution in [2.45, 2.75) is 76.9 Å². The predicted octanol–water partition coefficient (Wildman–Crippen LogP) is 6.36. The van der Waals surface area contributed by atoms with Crippen molar-refractivity contribution < 1.29 is 4.57 Å². The molecule has 0 spiro atoms. The third kappa shape index (κ3) is 6.92. The summed E-state index contributed by atoms with van der Waals surface area (Å²) in [6.07, 6.45) is 10.6. The van der Waals surface area contributed by atoms with Gasteiger partial charge in [-0.1, -0.05) is 64.2 Å². The lowest BCUT2D eigenvalue weighted by atomic mass is 10.0. The van der Waals surface area contributed by atoms with E-state index in [9.17, 15) is 4.57 Å². The third-order valence-electron chi connectivity index (χ3n) is 4.75. The Labute approximate surface area is 164 Å². The lowest BCUT2D eigenvalue weighted by Gasteiger charge is -2.36. The van der Waals surface area contributed by atoms with Crippen molar-refractivity contribution in [3.8, 4) is 0 Å². The maximum absolute atomic E-state index is 14.0. The van der Waals surface area contributed by atoms with Crippen molar-refractivity contribution in [3.63, 3.8) is 0 Å². The second-order valence-corrected chi connectivity index (χ2v) is 10.8. The van der Waals surface area contributed by atoms with Crippen LogP contribution < -0.4 is 14.3 Å². The van der Waals surface area contributed by atoms with Crippen LogP contribution in [0.2, 0.25) is 0 Å². The average molecular weight is 398 g/mol. The molecule has 4 nitrogen and oxygen atoms in total. The number of rotatable bonds is 12. The predicted molar refractivity (Wildman–Crippen MR) is 117 cm³/mol. The van der Waals surface area contributed by atoms with E-state index in [1.165, 1.54) is 32.1 Å². The number of unbranched alkanes of at least 4 members (excludes halogenated alkanes) is 2. The topological polar surface area (TPSA) is 44.4 Å². The van der Waals surface area contributed by atoms with Crippen LogP contribution in [-0.4, -0.2) is 18.3 Å². The summed E-state index contributed by atoms with van der Waals surface area (Å²) in [4.78, 5) is 0. The summed E-state index contributed by atoms with van der Waals surface area (Å²) in [6.45, 7) is 5.90. The van der Waals surface area contributed by atoms with Gasteiger partial charge in [0, 0.05) is 18.3 Å². The Morgan fingerprint density at radius 1 is 1.00 bits per heavy atom. The minimum absolute atomic E-state index is 0.554. The molecule has 1 aromatic carbocycles. The Kier molecular flexibility index (Phi) is 10.1. The van der Waals surface area contributed by atoms with Crippen molar-refractivity contribution in [3.05, 3.63) is 30.3 Å². The van der Waals surface area contributed by atoms with Crippen molar-refractivity contribution in [1.29, 1.82) is 0 Å². The van der Waals surface area contributed by atoms with Crippen LogP contribution >= 0.6 is 19.5 Å². The van der Waals surface area contributed by atoms with E-state index in [1.54, 1.807) is 11.9 Å². The van der Waals surface area contributed by atoms with Gasteiger partial charge >= 0.3 is 7.59 Å². The van der Waals surface area contributed by atoms with E-state index < -0.39 is 7.59 Å². The van der Waals surface area contributed by atoms with Gasteiger partial charge in [-0.15, -0.1) is 0 Å². The zero-order valence-corrected chi connectivity index (χ0v) is 18.2. The molecule has 1 fully saturated rings. The normalized spacial score (nSPS) is 15.9. The van der Waals surface area contributed by atoms with Gasteiger partial charge in [0.05, 0.1) is 5.69 Å². The van der Waals surface area contributed by atoms with Crippen molar-refractivity contribution in [2.75, 3.05) is 17.2 Å². The zero-order chi connectivity index (χ0) is 18.7. The SMILES string of the molecule is CCCCNP(=O)(NCCCC)N(SC1CCCCC1)c1ccccc1. The largest absolute Gasteiger partial charge is 0.315 e. The van der Waals surface area contributed by atoms with Crippen LogP contribution in [0.15, 0.2) is 30.3 Å². The Balaban J connectivity index is 2.21. The molecule has 2 rings (SSSR count). The van der Waals surface area contributed by atoms with E-state index in [-0.39, 0.29) is 0 Å². The fraction of sp³-hybridized carbons (Fsp3) is 0.700. The number of hydrogen-bond acceptors (Lipinski definition) is 2. The molecule has 148 valence electrons. The van der Waals surface area contributed by atoms with Gasteiger partial charge in [-0.3, -0.25) is 4.57 Å². The van der Waals surface area contributed by atoms with Crippen LogP contribution in [0.25, 0.3) is 0 Å². The molecular formula is C20H36N3OPS. The Morgan fingerprint density at radius 3 is 2.12 bits per heavy atom. The molecule has 0 aromatic heterocycles. The summed E-state index contributed by atoms with van der Waals surface area (Å²) in [5.41, 5.74) is 1.03. The van der Waals surface area contributed by atoms with Crippen LogP contribution in [0, 0.1) is 0 Å². The molecule has 26 heavy (non-hydrogen) atoms. The summed E-state index contributed by atoms with van der Waals surface area (Å²) in [6, 6.07) is 10.2. The Morgan fingerprint density at radius 2 is 1.58 bits per heavy atom. The molecule has 0 unspecified atom stereocenters. The van der Waals surface area contributed by atoms with Crippen molar-refractivity contribution in [1.82, 2.24) is 10.2 Å². The molecule has 6 heteroatoms. The fourth-order valence-corrected chi connectivity index (χ4v) is 7.25. The first-order valence-electron chi connectivity index (χ1n) is 10.3. The minimum atomic E-state index is -2.88. The number of benzene rings is 1. The number of nitrogens with zero attached hydrogens (tertiary/aromatic N) is 1. The number of hydrogen-bond donors (Lipinski definition) is 2. The summed E-state index contributed by atoms with van der Waals surface area (Å²) < 4.78 is 16.1. The summed E-state index contributed by atoms with van der Waals surface area (Å²) in [5.74, 6) is 0. The smallest absolute Gasteiger partial charge is 0.263 e. The fourth-order valence-electron chi connectivity index (χ4n) is 3.16. The lowest BCUT2D eigenvalue weighted by molar-refractivity contribution is 0.515. The average Bonchev–Trinajstić information content (AvgIpc) is 2.68. The van der Waals surface area contributed by atoms with Gasteiger partial charge in [-0.05, 0) is 49.8 Å². The minimum Gasteiger partial charge on any atom is -0.263 e. The standard InChI is InChI=1S/C20H36N3OPS/c1-3-5-17-21-25(24,22-18-6-4-2)23(19-13-9-7-10-14-19)26-20-15-11-8-12-16-20/h7,9-10,13-14,20H,3-6,8,11-12,15-18H2,1-2H3,(H2,21,22,24). The highest BCUT2D eigenvalue weighted by Crippen LogP contribution is 2.51. The molecule has 0 atom stereocenters. The van der Waals surface area contributed by atoms with Crippen molar-refractivity contribution >= 4 is 25.2 Å². The molecular weight excluding hydrogens is 361 g/mol. The summed E-state index contributed by atoms with van der Waals surface area (Å²) >= 11 is 1.79. The van der Waals surface area contributed by atoms with Crippen molar-refractivity contribution in [2.24, 2.45) is 0 Å². The second kappa shape index (κ2) is 12.1. The van der Waals surface area contributed by atoms with E-state index in [0.717, 1.165) is 44.5 Å². The maximum Gasteiger partial charge on any atom is 0.315 e. The third-order valence-corrected chi connectivity index (χ3v) is 8.95. The first-order valence-corrected chi connectivity index (χ1v) is 12.8. The zero-order valence-electron chi connectivity index (χ0n) is 16.5. The summed E-state index contributed by atoms with van der Waals surface area (Å²) in [7, 11) is -2.88. The van der Waals surface area contributed by atoms with Crippen LogP contribution in [0.1, 0.15) is 71.6 Å². The van der Waals surface area contributed by atoms with Gasteiger partial charge < -0.3 is 0 Å². The van der Waals surface area contributed by atoms with Gasteiger partial charge in [0.25, 0.3) is 0 Å². The summed E-state index contributed by atoms with van der Waals surface area (Å²) in [5, 5.41) is 7.34. The van der Waals surface area contributed by atoms with Gasteiger partial charge in [0.2, 0.25) is 0 Å². The first kappa shape index (κ1) is 21.8. The first-order chi connectivity index (χ1) is 12.7. The van der Waals surface area contributed by atoms with Crippen LogP contribution in [0.3, 0.4) is 0 Å². The lowest BCUT2D eigenvalue weighted by Crippen LogP contribution is -2.34. The molecule has 1 saturated carbocycles. The van der Waals surface area contributed by atoms with E-state index in [2.05, 4.69) is 40.2 Å². The van der Waals surface area contributed by atoms with E-state index in [1.807, 2.05) is 18.2 Å². The molecule has 1 aliphatic carbocycles. The Bertz CT molecular complexity index is 523. The quantitative estimate of drug-likeness (QED) is 0.244. The van der Waals surface area contributed by atoms with E-state index >= 15 is 0 Å². The maximum atomic E-state index is 14.0. The van der Waals surface area contributed by atoms with E-state index in [4.69, 9.17) is 0 Å². The molecule has 0 heterocycles. The molecule has 1 aliphatic rings. The molecule has 0 saturated heterocycles. The number of nitrogens with one attached hydrogen (secondary N) is 2. The van der Waals surface area contributed by atoms with Crippen LogP contribution in [-0.2, 0) is 4.57 Å². The number of para-hydroxylation sites is 1. The van der Waals surface area contributed by atoms with Crippen LogP contribution in [0.4, 0.5) is 5.69 Å². The molecule has 0 radical (unpaired) electrons. The Hall–Kier alpha value is -0.480. The molecule has 1 aromatic rings. The second-order valence-electron chi connectivity index (χ2n) is 7.07.